The van der Waals surface area contributed by atoms with Gasteiger partial charge in [-0.25, -0.2) is 0 Å². The maximum atomic E-state index is 11.0. The van der Waals surface area contributed by atoms with E-state index in [0.29, 0.717) is 5.78 Å². The molecule has 0 atom stereocenters. The minimum Gasteiger partial charge on any atom is -0.314 e. The number of Topliss-reactive ketones (excluding diaryl/α,β-unsaturated/α-hetero) is 1. The highest BCUT2D eigenvalue weighted by molar-refractivity contribution is 5.79. The molecule has 2 aliphatic rings. The fourth-order valence-corrected chi connectivity index (χ4v) is 2.67. The third-order valence-electron chi connectivity index (χ3n) is 3.71. The van der Waals surface area contributed by atoms with Crippen LogP contribution in [0.4, 0.5) is 0 Å². The third kappa shape index (κ3) is 2.81. The van der Waals surface area contributed by atoms with Crippen LogP contribution in [0.15, 0.2) is 0 Å². The second kappa shape index (κ2) is 4.92. The summed E-state index contributed by atoms with van der Waals surface area (Å²) in [6.07, 6.45) is 9.45. The molecule has 0 unspecified atom stereocenters. The monoisotopic (exact) mass is 195 g/mol. The smallest absolute Gasteiger partial charge is 0.132 e. The third-order valence-corrected chi connectivity index (χ3v) is 3.71. The second-order valence-electron chi connectivity index (χ2n) is 4.87. The molecular weight excluding hydrogens is 174 g/mol. The van der Waals surface area contributed by atoms with Crippen LogP contribution in [0.2, 0.25) is 0 Å². The minimum atomic E-state index is 0.474. The van der Waals surface area contributed by atoms with Crippen molar-refractivity contribution in [2.75, 3.05) is 6.54 Å². The number of hydrogen-bond donors (Lipinski definition) is 1. The number of hydrogen-bond acceptors (Lipinski definition) is 2. The maximum absolute atomic E-state index is 11.0. The molecular formula is C12H21NO. The normalized spacial score (nSPS) is 25.9. The minimum absolute atomic E-state index is 0.474. The van der Waals surface area contributed by atoms with E-state index in [2.05, 4.69) is 5.32 Å². The zero-order valence-corrected chi connectivity index (χ0v) is 8.93. The number of ketones is 1. The largest absolute Gasteiger partial charge is 0.314 e. The van der Waals surface area contributed by atoms with Crippen LogP contribution in [0.25, 0.3) is 0 Å². The molecule has 2 fully saturated rings. The zero-order chi connectivity index (χ0) is 9.80. The molecule has 2 nitrogen and oxygen atoms in total. The van der Waals surface area contributed by atoms with Crippen LogP contribution in [0.5, 0.6) is 0 Å². The van der Waals surface area contributed by atoms with E-state index < -0.39 is 0 Å². The van der Waals surface area contributed by atoms with Crippen LogP contribution in [-0.4, -0.2) is 18.4 Å². The Balaban J connectivity index is 1.63. The van der Waals surface area contributed by atoms with Crippen LogP contribution < -0.4 is 5.32 Å². The average molecular weight is 195 g/mol. The number of rotatable bonds is 3. The van der Waals surface area contributed by atoms with Crippen LogP contribution in [0.3, 0.4) is 0 Å². The van der Waals surface area contributed by atoms with E-state index in [-0.39, 0.29) is 0 Å². The van der Waals surface area contributed by atoms with Gasteiger partial charge in [0.05, 0.1) is 0 Å². The van der Waals surface area contributed by atoms with Gasteiger partial charge in [-0.3, -0.25) is 4.79 Å². The van der Waals surface area contributed by atoms with Crippen LogP contribution >= 0.6 is 0 Å². The molecule has 0 heterocycles. The van der Waals surface area contributed by atoms with Crippen LogP contribution in [0, 0.1) is 5.92 Å². The van der Waals surface area contributed by atoms with Gasteiger partial charge in [0.2, 0.25) is 0 Å². The molecule has 0 aliphatic heterocycles. The average Bonchev–Trinajstić information content (AvgIpc) is 2.70. The number of nitrogens with one attached hydrogen (secondary N) is 1. The summed E-state index contributed by atoms with van der Waals surface area (Å²) in [6, 6.07) is 0.785. The Morgan fingerprint density at radius 2 is 1.71 bits per heavy atom. The lowest BCUT2D eigenvalue weighted by atomic mass is 9.88. The Kier molecular flexibility index (Phi) is 3.57. The van der Waals surface area contributed by atoms with Crippen molar-refractivity contribution in [3.8, 4) is 0 Å². The van der Waals surface area contributed by atoms with Gasteiger partial charge in [-0.2, -0.15) is 0 Å². The molecule has 0 aromatic heterocycles. The van der Waals surface area contributed by atoms with Crippen molar-refractivity contribution in [3.63, 3.8) is 0 Å². The van der Waals surface area contributed by atoms with E-state index in [0.717, 1.165) is 44.2 Å². The van der Waals surface area contributed by atoms with Crippen molar-refractivity contribution < 1.29 is 4.79 Å². The predicted molar refractivity (Wildman–Crippen MR) is 57.2 cm³/mol. The quantitative estimate of drug-likeness (QED) is 0.748. The molecule has 14 heavy (non-hydrogen) atoms. The summed E-state index contributed by atoms with van der Waals surface area (Å²) in [6.45, 7) is 1.15. The molecule has 2 rings (SSSR count). The number of carbonyl (C=O) groups excluding carboxylic acids is 1. The van der Waals surface area contributed by atoms with Crippen molar-refractivity contribution in [3.05, 3.63) is 0 Å². The van der Waals surface area contributed by atoms with Crippen LogP contribution in [-0.2, 0) is 4.79 Å². The highest BCUT2D eigenvalue weighted by Crippen LogP contribution is 2.22. The predicted octanol–water partition coefficient (Wildman–Crippen LogP) is 2.28. The summed E-state index contributed by atoms with van der Waals surface area (Å²) in [5.41, 5.74) is 0. The molecule has 0 spiro atoms. The molecule has 0 saturated heterocycles. The molecule has 2 heteroatoms. The first-order valence-corrected chi connectivity index (χ1v) is 6.09. The Bertz CT molecular complexity index is 186. The van der Waals surface area contributed by atoms with Crippen LogP contribution in [0.1, 0.15) is 51.4 Å². The Hall–Kier alpha value is -0.370. The molecule has 2 saturated carbocycles. The van der Waals surface area contributed by atoms with E-state index in [9.17, 15) is 4.79 Å². The topological polar surface area (TPSA) is 29.1 Å². The summed E-state index contributed by atoms with van der Waals surface area (Å²) in [7, 11) is 0. The fraction of sp³-hybridized carbons (Fsp3) is 0.917. The van der Waals surface area contributed by atoms with Crippen molar-refractivity contribution in [1.29, 1.82) is 0 Å². The number of carbonyl (C=O) groups is 1. The maximum Gasteiger partial charge on any atom is 0.132 e. The Morgan fingerprint density at radius 1 is 1.07 bits per heavy atom. The first-order chi connectivity index (χ1) is 6.84. The van der Waals surface area contributed by atoms with E-state index in [4.69, 9.17) is 0 Å². The molecule has 2 aliphatic carbocycles. The van der Waals surface area contributed by atoms with Gasteiger partial charge >= 0.3 is 0 Å². The SMILES string of the molecule is O=C1CCC(CNC2CCCC2)CC1. The molecule has 0 radical (unpaired) electrons. The van der Waals surface area contributed by atoms with Crippen molar-refractivity contribution in [2.24, 2.45) is 5.92 Å². The molecule has 0 aromatic carbocycles. The molecule has 80 valence electrons. The van der Waals surface area contributed by atoms with E-state index >= 15 is 0 Å². The van der Waals surface area contributed by atoms with Gasteiger partial charge in [-0.1, -0.05) is 12.8 Å². The van der Waals surface area contributed by atoms with Gasteiger partial charge in [-0.05, 0) is 38.1 Å². The summed E-state index contributed by atoms with van der Waals surface area (Å²) < 4.78 is 0. The van der Waals surface area contributed by atoms with Gasteiger partial charge in [0.15, 0.2) is 0 Å². The lowest BCUT2D eigenvalue weighted by molar-refractivity contribution is -0.120. The van der Waals surface area contributed by atoms with Crippen molar-refractivity contribution in [2.45, 2.75) is 57.4 Å². The van der Waals surface area contributed by atoms with Crippen molar-refractivity contribution >= 4 is 5.78 Å². The highest BCUT2D eigenvalue weighted by Gasteiger charge is 2.20. The molecule has 0 aromatic rings. The summed E-state index contributed by atoms with van der Waals surface area (Å²) in [5, 5.41) is 3.65. The molecule has 0 bridgehead atoms. The summed E-state index contributed by atoms with van der Waals surface area (Å²) in [5.74, 6) is 1.25. The van der Waals surface area contributed by atoms with Gasteiger partial charge in [0.1, 0.15) is 5.78 Å². The Morgan fingerprint density at radius 3 is 2.36 bits per heavy atom. The van der Waals surface area contributed by atoms with Crippen molar-refractivity contribution in [1.82, 2.24) is 5.32 Å². The van der Waals surface area contributed by atoms with Gasteiger partial charge in [0, 0.05) is 18.9 Å². The van der Waals surface area contributed by atoms with E-state index in [1.54, 1.807) is 0 Å². The highest BCUT2D eigenvalue weighted by atomic mass is 16.1. The van der Waals surface area contributed by atoms with E-state index in [1.165, 1.54) is 25.7 Å². The first-order valence-electron chi connectivity index (χ1n) is 6.09. The van der Waals surface area contributed by atoms with Gasteiger partial charge in [-0.15, -0.1) is 0 Å². The zero-order valence-electron chi connectivity index (χ0n) is 8.93. The van der Waals surface area contributed by atoms with Gasteiger partial charge < -0.3 is 5.32 Å². The first kappa shape index (κ1) is 10.2. The second-order valence-corrected chi connectivity index (χ2v) is 4.87. The van der Waals surface area contributed by atoms with E-state index in [1.807, 2.05) is 0 Å². The lowest BCUT2D eigenvalue weighted by Gasteiger charge is -2.23. The summed E-state index contributed by atoms with van der Waals surface area (Å²) >= 11 is 0. The standard InChI is InChI=1S/C12H21NO/c14-12-7-5-10(6-8-12)9-13-11-3-1-2-4-11/h10-11,13H,1-9H2. The lowest BCUT2D eigenvalue weighted by Crippen LogP contribution is -2.32. The molecule has 0 amide bonds. The van der Waals surface area contributed by atoms with Gasteiger partial charge in [0.25, 0.3) is 0 Å². The fourth-order valence-electron chi connectivity index (χ4n) is 2.67. The molecule has 1 N–H and O–H groups in total. The Labute approximate surface area is 86.5 Å². The summed E-state index contributed by atoms with van der Waals surface area (Å²) in [4.78, 5) is 11.0.